The molecule has 1 heterocycles. The monoisotopic (exact) mass is 391 g/mol. The average molecular weight is 391 g/mol. The molecule has 6 nitrogen and oxygen atoms in total. The largest absolute Gasteiger partial charge is 0.478 e. The van der Waals surface area contributed by atoms with Gasteiger partial charge in [0.15, 0.2) is 5.78 Å². The average Bonchev–Trinajstić information content (AvgIpc) is 2.71. The molecule has 0 unspecified atom stereocenters. The van der Waals surface area contributed by atoms with Gasteiger partial charge in [0.2, 0.25) is 0 Å². The van der Waals surface area contributed by atoms with Crippen molar-refractivity contribution in [2.45, 2.75) is 6.92 Å². The molecule has 1 aliphatic rings. The van der Waals surface area contributed by atoms with Crippen molar-refractivity contribution in [3.05, 3.63) is 81.9 Å². The Morgan fingerprint density at radius 1 is 0.897 bits per heavy atom. The second kappa shape index (κ2) is 8.67. The number of ketones is 1. The number of aromatic carboxylic acids is 2. The number of piperidine rings is 1. The van der Waals surface area contributed by atoms with Crippen LogP contribution < -0.4 is 0 Å². The van der Waals surface area contributed by atoms with Gasteiger partial charge in [0.25, 0.3) is 0 Å². The van der Waals surface area contributed by atoms with Gasteiger partial charge in [-0.1, -0.05) is 31.2 Å². The smallest absolute Gasteiger partial charge is 0.335 e. The van der Waals surface area contributed by atoms with Gasteiger partial charge >= 0.3 is 11.9 Å². The van der Waals surface area contributed by atoms with E-state index in [9.17, 15) is 14.4 Å². The van der Waals surface area contributed by atoms with E-state index in [0.29, 0.717) is 35.4 Å². The molecule has 1 saturated heterocycles. The van der Waals surface area contributed by atoms with Gasteiger partial charge in [0, 0.05) is 24.2 Å². The molecule has 0 aliphatic carbocycles. The van der Waals surface area contributed by atoms with Crippen LogP contribution in [0.4, 0.5) is 0 Å². The second-order valence-corrected chi connectivity index (χ2v) is 6.83. The number of hydrogen-bond acceptors (Lipinski definition) is 4. The third kappa shape index (κ3) is 4.86. The molecule has 1 aliphatic heterocycles. The molecule has 0 bridgehead atoms. The summed E-state index contributed by atoms with van der Waals surface area (Å²) in [7, 11) is 0. The minimum Gasteiger partial charge on any atom is -0.478 e. The van der Waals surface area contributed by atoms with Crippen LogP contribution in [0.5, 0.6) is 0 Å². The number of benzene rings is 2. The summed E-state index contributed by atoms with van der Waals surface area (Å²) in [6.45, 7) is 3.69. The lowest BCUT2D eigenvalue weighted by molar-refractivity contribution is -0.113. The van der Waals surface area contributed by atoms with Crippen molar-refractivity contribution in [2.24, 2.45) is 0 Å². The van der Waals surface area contributed by atoms with Gasteiger partial charge in [0.05, 0.1) is 11.1 Å². The fourth-order valence-corrected chi connectivity index (χ4v) is 3.26. The second-order valence-electron chi connectivity index (χ2n) is 6.83. The highest BCUT2D eigenvalue weighted by atomic mass is 16.4. The quantitative estimate of drug-likeness (QED) is 0.758. The van der Waals surface area contributed by atoms with Crippen LogP contribution in [0.1, 0.15) is 38.8 Å². The Balaban J connectivity index is 1.97. The molecule has 0 aromatic heterocycles. The Morgan fingerprint density at radius 2 is 1.34 bits per heavy atom. The lowest BCUT2D eigenvalue weighted by Crippen LogP contribution is -2.37. The molecule has 2 N–H and O–H groups in total. The first kappa shape index (κ1) is 20.2. The Bertz CT molecular complexity index is 956. The highest BCUT2D eigenvalue weighted by molar-refractivity contribution is 6.14. The van der Waals surface area contributed by atoms with Crippen LogP contribution >= 0.6 is 0 Å². The van der Waals surface area contributed by atoms with Gasteiger partial charge < -0.3 is 10.2 Å². The summed E-state index contributed by atoms with van der Waals surface area (Å²) in [5.74, 6) is -2.15. The summed E-state index contributed by atoms with van der Waals surface area (Å²) in [5.41, 5.74) is 2.77. The van der Waals surface area contributed by atoms with Crippen molar-refractivity contribution in [3.8, 4) is 0 Å². The number of carbonyl (C=O) groups is 3. The van der Waals surface area contributed by atoms with Crippen molar-refractivity contribution in [2.75, 3.05) is 19.6 Å². The van der Waals surface area contributed by atoms with Gasteiger partial charge in [-0.05, 0) is 54.1 Å². The number of carbonyl (C=O) groups excluding carboxylic acids is 1. The van der Waals surface area contributed by atoms with E-state index in [4.69, 9.17) is 10.2 Å². The van der Waals surface area contributed by atoms with Gasteiger partial charge in [-0.15, -0.1) is 0 Å². The summed E-state index contributed by atoms with van der Waals surface area (Å²) in [6, 6.07) is 12.9. The van der Waals surface area contributed by atoms with E-state index in [1.165, 1.54) is 24.3 Å². The van der Waals surface area contributed by atoms with Crippen molar-refractivity contribution in [1.29, 1.82) is 0 Å². The molecule has 0 amide bonds. The van der Waals surface area contributed by atoms with E-state index in [1.54, 1.807) is 36.4 Å². The highest BCUT2D eigenvalue weighted by Crippen LogP contribution is 2.22. The van der Waals surface area contributed by atoms with Crippen molar-refractivity contribution < 1.29 is 24.6 Å². The van der Waals surface area contributed by atoms with E-state index in [-0.39, 0.29) is 16.9 Å². The summed E-state index contributed by atoms with van der Waals surface area (Å²) in [6.07, 6.45) is 3.44. The normalized spacial score (nSPS) is 17.6. The lowest BCUT2D eigenvalue weighted by atomic mass is 9.93. The Hall–Kier alpha value is -3.51. The van der Waals surface area contributed by atoms with Crippen LogP contribution in [-0.2, 0) is 4.79 Å². The van der Waals surface area contributed by atoms with Crippen LogP contribution in [0.2, 0.25) is 0 Å². The van der Waals surface area contributed by atoms with Gasteiger partial charge in [-0.25, -0.2) is 9.59 Å². The molecule has 0 saturated carbocycles. The first-order chi connectivity index (χ1) is 13.9. The molecule has 0 atom stereocenters. The molecular weight excluding hydrogens is 370 g/mol. The molecule has 3 rings (SSSR count). The number of likely N-dealkylation sites (tertiary alicyclic amines) is 1. The minimum absolute atomic E-state index is 0.115. The molecule has 148 valence electrons. The van der Waals surface area contributed by atoms with E-state index in [2.05, 4.69) is 4.90 Å². The SMILES string of the molecule is CCN1C/C(=C/c2cccc(C(=O)O)c2)C(=O)/C(=C/c2cccc(C(=O)O)c2)C1. The first-order valence-corrected chi connectivity index (χ1v) is 9.22. The predicted octanol–water partition coefficient (Wildman–Crippen LogP) is 3.45. The van der Waals surface area contributed by atoms with Gasteiger partial charge in [-0.2, -0.15) is 0 Å². The van der Waals surface area contributed by atoms with Crippen LogP contribution in [-0.4, -0.2) is 52.5 Å². The van der Waals surface area contributed by atoms with Crippen molar-refractivity contribution >= 4 is 29.9 Å². The molecule has 29 heavy (non-hydrogen) atoms. The zero-order valence-corrected chi connectivity index (χ0v) is 16.0. The third-order valence-electron chi connectivity index (χ3n) is 4.77. The summed E-state index contributed by atoms with van der Waals surface area (Å²) < 4.78 is 0. The van der Waals surface area contributed by atoms with Crippen LogP contribution in [0.3, 0.4) is 0 Å². The highest BCUT2D eigenvalue weighted by Gasteiger charge is 2.25. The van der Waals surface area contributed by atoms with Crippen LogP contribution in [0.15, 0.2) is 59.7 Å². The van der Waals surface area contributed by atoms with Gasteiger partial charge in [0.1, 0.15) is 0 Å². The molecule has 2 aromatic carbocycles. The summed E-state index contributed by atoms with van der Waals surface area (Å²) >= 11 is 0. The number of carboxylic acid groups (broad SMARTS) is 2. The number of likely N-dealkylation sites (N-methyl/N-ethyl adjacent to an activating group) is 1. The Labute approximate surface area is 168 Å². The maximum absolute atomic E-state index is 13.0. The third-order valence-corrected chi connectivity index (χ3v) is 4.77. The summed E-state index contributed by atoms with van der Waals surface area (Å²) in [4.78, 5) is 37.5. The van der Waals surface area contributed by atoms with E-state index < -0.39 is 11.9 Å². The number of carboxylic acids is 2. The zero-order valence-electron chi connectivity index (χ0n) is 16.0. The van der Waals surface area contributed by atoms with Crippen LogP contribution in [0.25, 0.3) is 12.2 Å². The van der Waals surface area contributed by atoms with Crippen LogP contribution in [0, 0.1) is 0 Å². The summed E-state index contributed by atoms with van der Waals surface area (Å²) in [5, 5.41) is 18.3. The number of nitrogens with zero attached hydrogens (tertiary/aromatic N) is 1. The van der Waals surface area contributed by atoms with E-state index >= 15 is 0 Å². The van der Waals surface area contributed by atoms with Crippen molar-refractivity contribution in [3.63, 3.8) is 0 Å². The predicted molar refractivity (Wildman–Crippen MR) is 110 cm³/mol. The number of rotatable bonds is 5. The molecule has 1 fully saturated rings. The van der Waals surface area contributed by atoms with Gasteiger partial charge in [-0.3, -0.25) is 9.69 Å². The van der Waals surface area contributed by atoms with E-state index in [0.717, 1.165) is 6.54 Å². The maximum Gasteiger partial charge on any atom is 0.335 e. The zero-order chi connectivity index (χ0) is 21.0. The fraction of sp³-hybridized carbons (Fsp3) is 0.174. The van der Waals surface area contributed by atoms with Crippen molar-refractivity contribution in [1.82, 2.24) is 4.90 Å². The molecule has 2 aromatic rings. The lowest BCUT2D eigenvalue weighted by Gasteiger charge is -2.28. The molecular formula is C23H21NO5. The fourth-order valence-electron chi connectivity index (χ4n) is 3.26. The molecule has 0 radical (unpaired) electrons. The Kier molecular flexibility index (Phi) is 6.04. The topological polar surface area (TPSA) is 94.9 Å². The molecule has 0 spiro atoms. The Morgan fingerprint density at radius 3 is 1.72 bits per heavy atom. The van der Waals surface area contributed by atoms with E-state index in [1.807, 2.05) is 6.92 Å². The maximum atomic E-state index is 13.0. The number of Topliss-reactive ketones (excluding diaryl/α,β-unsaturated/α-hetero) is 1. The standard InChI is InChI=1S/C23H21NO5/c1-2-24-13-19(11-15-5-3-7-17(9-15)22(26)27)21(25)20(14-24)12-16-6-4-8-18(10-16)23(28)29/h3-12H,2,13-14H2,1H3,(H,26,27)(H,28,29)/b19-11-,20-12+. The number of hydrogen-bond donors (Lipinski definition) is 2. The first-order valence-electron chi connectivity index (χ1n) is 9.22. The minimum atomic E-state index is -1.02. The molecule has 6 heteroatoms.